The first-order valence-corrected chi connectivity index (χ1v) is 3.51. The molecule has 9 nitrogen and oxygen atoms in total. The van der Waals surface area contributed by atoms with Gasteiger partial charge in [0.15, 0.2) is 0 Å². The molecule has 0 aromatic heterocycles. The fraction of sp³-hybridized carbons (Fsp3) is 0. The van der Waals surface area contributed by atoms with Crippen LogP contribution in [0.1, 0.15) is 1.43 Å². The molecule has 0 amide bonds. The van der Waals surface area contributed by atoms with Crippen LogP contribution in [0.5, 0.6) is 0 Å². The molecule has 16 heavy (non-hydrogen) atoms. The van der Waals surface area contributed by atoms with Crippen molar-refractivity contribution in [3.8, 4) is 0 Å². The summed E-state index contributed by atoms with van der Waals surface area (Å²) in [6, 6.07) is 2.69. The maximum Gasteiger partial charge on any atom is 1.00 e. The molecule has 80 valence electrons. The Hall–Kier alpha value is -1.58. The van der Waals surface area contributed by atoms with Crippen LogP contribution >= 0.6 is 0 Å². The predicted molar refractivity (Wildman–Crippen MR) is 47.5 cm³/mol. The third kappa shape index (κ3) is 2.72. The van der Waals surface area contributed by atoms with Gasteiger partial charge in [-0.2, -0.15) is 0 Å². The van der Waals surface area contributed by atoms with Crippen LogP contribution in [0.2, 0.25) is 0 Å². The maximum atomic E-state index is 10.4. The van der Waals surface area contributed by atoms with Gasteiger partial charge < -0.3 is 1.43 Å². The summed E-state index contributed by atoms with van der Waals surface area (Å²) >= 11 is 0. The third-order valence-electron chi connectivity index (χ3n) is 1.57. The van der Waals surface area contributed by atoms with Crippen LogP contribution < -0.4 is 29.6 Å². The summed E-state index contributed by atoms with van der Waals surface area (Å²) in [4.78, 5) is 28.0. The minimum absolute atomic E-state index is 0. The standard InChI is InChI=1S/C6H3N3O6.Na.H/c10-7(11)4-2-1-3-5(8(12)13)6(4)9(14)15;;/h1-3H;;/q;+1;-1. The monoisotopic (exact) mass is 237 g/mol. The molecule has 0 unspecified atom stereocenters. The Kier molecular flexibility index (Phi) is 4.95. The van der Waals surface area contributed by atoms with Gasteiger partial charge in [0.1, 0.15) is 0 Å². The van der Waals surface area contributed by atoms with Crippen LogP contribution in [0, 0.1) is 30.3 Å². The van der Waals surface area contributed by atoms with Gasteiger partial charge in [0.05, 0.1) is 14.8 Å². The van der Waals surface area contributed by atoms with E-state index in [2.05, 4.69) is 0 Å². The van der Waals surface area contributed by atoms with Crippen LogP contribution in [0.4, 0.5) is 17.1 Å². The Morgan fingerprint density at radius 3 is 1.50 bits per heavy atom. The molecule has 0 heterocycles. The molecular formula is C6H4N3NaO6. The Labute approximate surface area is 111 Å². The van der Waals surface area contributed by atoms with Gasteiger partial charge in [0, 0.05) is 12.1 Å². The van der Waals surface area contributed by atoms with Gasteiger partial charge in [0.2, 0.25) is 0 Å². The number of rotatable bonds is 3. The number of nitrogens with zero attached hydrogens (tertiary/aromatic N) is 3. The first kappa shape index (κ1) is 14.4. The second-order valence-corrected chi connectivity index (χ2v) is 2.42. The smallest absolute Gasteiger partial charge is 1.00 e. The molecule has 0 spiro atoms. The van der Waals surface area contributed by atoms with Crippen molar-refractivity contribution < 1.29 is 45.8 Å². The average Bonchev–Trinajstić information content (AvgIpc) is 2.16. The number of hydrogen-bond acceptors (Lipinski definition) is 6. The summed E-state index contributed by atoms with van der Waals surface area (Å²) in [6.07, 6.45) is 0. The topological polar surface area (TPSA) is 129 Å². The average molecular weight is 237 g/mol. The summed E-state index contributed by atoms with van der Waals surface area (Å²) in [5, 5.41) is 31.2. The van der Waals surface area contributed by atoms with Crippen LogP contribution in [0.25, 0.3) is 0 Å². The van der Waals surface area contributed by atoms with Crippen molar-refractivity contribution in [2.45, 2.75) is 0 Å². The minimum Gasteiger partial charge on any atom is -1.00 e. The molecule has 1 aromatic rings. The zero-order chi connectivity index (χ0) is 11.6. The number of para-hydroxylation sites is 1. The summed E-state index contributed by atoms with van der Waals surface area (Å²) in [5.74, 6) is 0. The predicted octanol–water partition coefficient (Wildman–Crippen LogP) is -1.47. The van der Waals surface area contributed by atoms with E-state index in [1.165, 1.54) is 0 Å². The second kappa shape index (κ2) is 5.49. The second-order valence-electron chi connectivity index (χ2n) is 2.42. The molecule has 1 rings (SSSR count). The molecule has 0 radical (unpaired) electrons. The number of nitro benzene ring substituents is 3. The van der Waals surface area contributed by atoms with Crippen LogP contribution in [-0.4, -0.2) is 14.8 Å². The molecule has 0 fully saturated rings. The molecule has 0 saturated heterocycles. The molecular weight excluding hydrogens is 233 g/mol. The van der Waals surface area contributed by atoms with Gasteiger partial charge in [-0.05, 0) is 6.07 Å². The van der Waals surface area contributed by atoms with Crippen molar-refractivity contribution in [1.82, 2.24) is 0 Å². The van der Waals surface area contributed by atoms with Crippen LogP contribution in [0.15, 0.2) is 18.2 Å². The Morgan fingerprint density at radius 2 is 1.25 bits per heavy atom. The zero-order valence-electron chi connectivity index (χ0n) is 9.02. The van der Waals surface area contributed by atoms with Crippen molar-refractivity contribution in [3.63, 3.8) is 0 Å². The van der Waals surface area contributed by atoms with Crippen molar-refractivity contribution in [3.05, 3.63) is 48.5 Å². The molecule has 0 aliphatic carbocycles. The van der Waals surface area contributed by atoms with E-state index in [4.69, 9.17) is 0 Å². The summed E-state index contributed by atoms with van der Waals surface area (Å²) in [5.41, 5.74) is -2.89. The van der Waals surface area contributed by atoms with E-state index in [0.717, 1.165) is 18.2 Å². The number of nitro groups is 3. The largest absolute Gasteiger partial charge is 1.00 e. The molecule has 1 aromatic carbocycles. The van der Waals surface area contributed by atoms with Crippen molar-refractivity contribution in [1.29, 1.82) is 0 Å². The molecule has 0 aliphatic rings. The van der Waals surface area contributed by atoms with E-state index in [-0.39, 0.29) is 31.0 Å². The number of hydrogen-bond donors (Lipinski definition) is 0. The Balaban J connectivity index is 0. The SMILES string of the molecule is O=[N+]([O-])c1cccc([N+](=O)[O-])c1[N+](=O)[O-].[H-].[Na+]. The van der Waals surface area contributed by atoms with Gasteiger partial charge in [-0.15, -0.1) is 0 Å². The summed E-state index contributed by atoms with van der Waals surface area (Å²) < 4.78 is 0. The first-order valence-electron chi connectivity index (χ1n) is 3.51. The molecule has 0 aliphatic heterocycles. The maximum absolute atomic E-state index is 10.4. The van der Waals surface area contributed by atoms with Gasteiger partial charge in [0.25, 0.3) is 0 Å². The third-order valence-corrected chi connectivity index (χ3v) is 1.57. The van der Waals surface area contributed by atoms with Crippen LogP contribution in [-0.2, 0) is 0 Å². The molecule has 0 bridgehead atoms. The summed E-state index contributed by atoms with van der Waals surface area (Å²) in [6.45, 7) is 0. The molecule has 0 N–H and O–H groups in total. The quantitative estimate of drug-likeness (QED) is 0.358. The van der Waals surface area contributed by atoms with Gasteiger partial charge in [-0.25, -0.2) is 0 Å². The fourth-order valence-corrected chi connectivity index (χ4v) is 1.00. The Morgan fingerprint density at radius 1 is 0.875 bits per heavy atom. The van der Waals surface area contributed by atoms with Gasteiger partial charge in [-0.1, -0.05) is 0 Å². The van der Waals surface area contributed by atoms with E-state index >= 15 is 0 Å². The zero-order valence-corrected chi connectivity index (χ0v) is 10.0. The van der Waals surface area contributed by atoms with Crippen molar-refractivity contribution in [2.24, 2.45) is 0 Å². The molecule has 10 heteroatoms. The van der Waals surface area contributed by atoms with E-state index in [0.29, 0.717) is 0 Å². The van der Waals surface area contributed by atoms with E-state index < -0.39 is 31.8 Å². The minimum atomic E-state index is -1.14. The van der Waals surface area contributed by atoms with E-state index in [1.54, 1.807) is 0 Å². The number of benzene rings is 1. The fourth-order valence-electron chi connectivity index (χ4n) is 1.00. The summed E-state index contributed by atoms with van der Waals surface area (Å²) in [7, 11) is 0. The van der Waals surface area contributed by atoms with Gasteiger partial charge >= 0.3 is 46.6 Å². The van der Waals surface area contributed by atoms with Crippen molar-refractivity contribution in [2.75, 3.05) is 0 Å². The molecule has 0 atom stereocenters. The van der Waals surface area contributed by atoms with Crippen molar-refractivity contribution >= 4 is 17.1 Å². The van der Waals surface area contributed by atoms with Crippen LogP contribution in [0.3, 0.4) is 0 Å². The van der Waals surface area contributed by atoms with E-state index in [1.807, 2.05) is 0 Å². The van der Waals surface area contributed by atoms with E-state index in [9.17, 15) is 30.3 Å². The first-order chi connectivity index (χ1) is 6.95. The van der Waals surface area contributed by atoms with Gasteiger partial charge in [-0.3, -0.25) is 30.3 Å². The Bertz CT molecular complexity index is 435. The molecule has 0 saturated carbocycles. The normalized spacial score (nSPS) is 9.00.